The number of carbonyl (C=O) groups is 3. The van der Waals surface area contributed by atoms with E-state index in [4.69, 9.17) is 20.8 Å². The minimum absolute atomic E-state index is 0.0569. The molecule has 0 atom stereocenters. The van der Waals surface area contributed by atoms with Gasteiger partial charge in [-0.25, -0.2) is 14.6 Å². The topological polar surface area (TPSA) is 154 Å². The Hall–Kier alpha value is -4.71. The zero-order valence-corrected chi connectivity index (χ0v) is 18.6. The number of nitrogens with one attached hydrogen (secondary N) is 1. The van der Waals surface area contributed by atoms with E-state index < -0.39 is 22.8 Å². The monoisotopic (exact) mass is 498 g/mol. The third kappa shape index (κ3) is 5.12. The standard InChI is InChI=1S/C22H15ClN4O8/c1-33-21(29)18-6-4-15(34-18)11-26-20(28)16(25-22(26)30)9-12-8-13(23)2-5-17(12)35-19-7-3-14(10-24-19)27(31)32/h2-10H,11H2,1H3,(H,25,30)/b16-9-. The molecule has 1 saturated heterocycles. The highest BCUT2D eigenvalue weighted by Gasteiger charge is 2.34. The molecule has 1 aromatic carbocycles. The molecule has 0 aliphatic carbocycles. The Labute approximate surface area is 201 Å². The van der Waals surface area contributed by atoms with E-state index in [0.29, 0.717) is 10.6 Å². The van der Waals surface area contributed by atoms with E-state index in [1.807, 2.05) is 0 Å². The summed E-state index contributed by atoms with van der Waals surface area (Å²) in [5.41, 5.74) is 0.0815. The van der Waals surface area contributed by atoms with Crippen molar-refractivity contribution in [2.24, 2.45) is 0 Å². The van der Waals surface area contributed by atoms with E-state index >= 15 is 0 Å². The number of esters is 1. The molecule has 1 aliphatic heterocycles. The zero-order valence-electron chi connectivity index (χ0n) is 17.9. The van der Waals surface area contributed by atoms with Crippen molar-refractivity contribution in [3.8, 4) is 11.6 Å². The molecule has 35 heavy (non-hydrogen) atoms. The first-order chi connectivity index (χ1) is 16.7. The summed E-state index contributed by atoms with van der Waals surface area (Å²) < 4.78 is 15.6. The number of furan rings is 1. The van der Waals surface area contributed by atoms with Crippen molar-refractivity contribution in [3.63, 3.8) is 0 Å². The number of imide groups is 1. The molecule has 4 rings (SSSR count). The maximum absolute atomic E-state index is 12.9. The van der Waals surface area contributed by atoms with Crippen LogP contribution in [0.5, 0.6) is 11.6 Å². The fourth-order valence-electron chi connectivity index (χ4n) is 3.08. The van der Waals surface area contributed by atoms with Crippen LogP contribution in [0.4, 0.5) is 10.5 Å². The number of aromatic nitrogens is 1. The van der Waals surface area contributed by atoms with Crippen molar-refractivity contribution < 1.29 is 33.2 Å². The lowest BCUT2D eigenvalue weighted by atomic mass is 10.1. The smallest absolute Gasteiger partial charge is 0.373 e. The van der Waals surface area contributed by atoms with Gasteiger partial charge in [-0.05, 0) is 36.4 Å². The number of halogens is 1. The number of ether oxygens (including phenoxy) is 2. The summed E-state index contributed by atoms with van der Waals surface area (Å²) in [6.07, 6.45) is 2.41. The van der Waals surface area contributed by atoms with E-state index in [0.717, 1.165) is 11.1 Å². The van der Waals surface area contributed by atoms with Gasteiger partial charge in [0.05, 0.1) is 18.6 Å². The van der Waals surface area contributed by atoms with Crippen LogP contribution in [0.1, 0.15) is 21.9 Å². The Balaban J connectivity index is 1.56. The average Bonchev–Trinajstić information content (AvgIpc) is 3.41. The third-order valence-corrected chi connectivity index (χ3v) is 4.98. The Morgan fingerprint density at radius 3 is 2.74 bits per heavy atom. The minimum Gasteiger partial charge on any atom is -0.463 e. The summed E-state index contributed by atoms with van der Waals surface area (Å²) in [5, 5.41) is 13.6. The van der Waals surface area contributed by atoms with Gasteiger partial charge in [-0.2, -0.15) is 0 Å². The summed E-state index contributed by atoms with van der Waals surface area (Å²) in [4.78, 5) is 51.8. The predicted molar refractivity (Wildman–Crippen MR) is 120 cm³/mol. The number of rotatable bonds is 7. The molecule has 0 bridgehead atoms. The van der Waals surface area contributed by atoms with E-state index in [2.05, 4.69) is 15.0 Å². The normalized spacial score (nSPS) is 14.2. The van der Waals surface area contributed by atoms with Crippen molar-refractivity contribution in [2.75, 3.05) is 7.11 Å². The number of carbonyl (C=O) groups excluding carboxylic acids is 3. The van der Waals surface area contributed by atoms with Gasteiger partial charge in [0.2, 0.25) is 11.6 Å². The summed E-state index contributed by atoms with van der Waals surface area (Å²) in [7, 11) is 1.20. The predicted octanol–water partition coefficient (Wildman–Crippen LogP) is 3.91. The van der Waals surface area contributed by atoms with E-state index in [1.165, 1.54) is 49.6 Å². The number of nitro groups is 1. The van der Waals surface area contributed by atoms with Crippen molar-refractivity contribution in [3.05, 3.63) is 86.6 Å². The van der Waals surface area contributed by atoms with Gasteiger partial charge in [0, 0.05) is 22.7 Å². The molecule has 178 valence electrons. The Kier molecular flexibility index (Phi) is 6.46. The summed E-state index contributed by atoms with van der Waals surface area (Å²) in [5.74, 6) is -0.898. The second kappa shape index (κ2) is 9.65. The van der Waals surface area contributed by atoms with Crippen LogP contribution in [-0.2, 0) is 16.1 Å². The number of nitrogens with zero attached hydrogens (tertiary/aromatic N) is 3. The van der Waals surface area contributed by atoms with Crippen LogP contribution in [-0.4, -0.2) is 39.8 Å². The van der Waals surface area contributed by atoms with Gasteiger partial charge >= 0.3 is 12.0 Å². The summed E-state index contributed by atoms with van der Waals surface area (Å²) >= 11 is 6.09. The molecule has 0 unspecified atom stereocenters. The van der Waals surface area contributed by atoms with Gasteiger partial charge in [-0.3, -0.25) is 19.8 Å². The number of hydrogen-bond acceptors (Lipinski definition) is 9. The van der Waals surface area contributed by atoms with Crippen molar-refractivity contribution in [1.29, 1.82) is 0 Å². The number of hydrogen-bond donors (Lipinski definition) is 1. The van der Waals surface area contributed by atoms with E-state index in [-0.39, 0.29) is 41.1 Å². The highest BCUT2D eigenvalue weighted by atomic mass is 35.5. The molecular weight excluding hydrogens is 484 g/mol. The second-order valence-corrected chi connectivity index (χ2v) is 7.47. The van der Waals surface area contributed by atoms with Crippen molar-refractivity contribution >= 4 is 41.3 Å². The highest BCUT2D eigenvalue weighted by molar-refractivity contribution is 6.30. The first-order valence-electron chi connectivity index (χ1n) is 9.84. The van der Waals surface area contributed by atoms with Crippen molar-refractivity contribution in [2.45, 2.75) is 6.54 Å². The third-order valence-electron chi connectivity index (χ3n) is 4.74. The Bertz CT molecular complexity index is 1370. The van der Waals surface area contributed by atoms with Crippen molar-refractivity contribution in [1.82, 2.24) is 15.2 Å². The fraction of sp³-hybridized carbons (Fsp3) is 0.0909. The molecule has 2 aromatic heterocycles. The van der Waals surface area contributed by atoms with Gasteiger partial charge in [0.15, 0.2) is 0 Å². The van der Waals surface area contributed by atoms with E-state index in [9.17, 15) is 24.5 Å². The lowest BCUT2D eigenvalue weighted by molar-refractivity contribution is -0.385. The number of urea groups is 1. The highest BCUT2D eigenvalue weighted by Crippen LogP contribution is 2.30. The van der Waals surface area contributed by atoms with Gasteiger partial charge < -0.3 is 19.2 Å². The molecule has 0 saturated carbocycles. The Morgan fingerprint density at radius 1 is 1.26 bits per heavy atom. The average molecular weight is 499 g/mol. The molecular formula is C22H15ClN4O8. The maximum atomic E-state index is 12.9. The summed E-state index contributed by atoms with van der Waals surface area (Å²) in [6.45, 7) is -0.218. The quantitative estimate of drug-likeness (QED) is 0.168. The molecule has 3 heterocycles. The largest absolute Gasteiger partial charge is 0.463 e. The number of pyridine rings is 1. The molecule has 13 heteroatoms. The van der Waals surface area contributed by atoms with Gasteiger partial charge in [-0.15, -0.1) is 0 Å². The number of benzene rings is 1. The molecule has 1 N–H and O–H groups in total. The molecule has 0 spiro atoms. The van der Waals surface area contributed by atoms with Crippen LogP contribution in [0.25, 0.3) is 6.08 Å². The molecule has 12 nitrogen and oxygen atoms in total. The zero-order chi connectivity index (χ0) is 25.1. The molecule has 3 aromatic rings. The van der Waals surface area contributed by atoms with E-state index in [1.54, 1.807) is 6.07 Å². The van der Waals surface area contributed by atoms with Crippen LogP contribution in [0.3, 0.4) is 0 Å². The molecule has 0 radical (unpaired) electrons. The lowest BCUT2D eigenvalue weighted by Crippen LogP contribution is -2.30. The van der Waals surface area contributed by atoms with Gasteiger partial charge in [0.25, 0.3) is 11.6 Å². The summed E-state index contributed by atoms with van der Waals surface area (Å²) in [6, 6.07) is 9.25. The minimum atomic E-state index is -0.696. The van der Waals surface area contributed by atoms with Crippen LogP contribution >= 0.6 is 11.6 Å². The Morgan fingerprint density at radius 2 is 2.06 bits per heavy atom. The van der Waals surface area contributed by atoms with Crippen LogP contribution in [0.2, 0.25) is 5.02 Å². The van der Waals surface area contributed by atoms with Gasteiger partial charge in [0.1, 0.15) is 23.4 Å². The fourth-order valence-corrected chi connectivity index (χ4v) is 3.26. The van der Waals surface area contributed by atoms with Crippen LogP contribution < -0.4 is 10.1 Å². The number of methoxy groups -OCH3 is 1. The second-order valence-electron chi connectivity index (χ2n) is 7.03. The molecule has 3 amide bonds. The van der Waals surface area contributed by atoms with Crippen LogP contribution in [0, 0.1) is 10.1 Å². The molecule has 1 fully saturated rings. The van der Waals surface area contributed by atoms with Crippen LogP contribution in [0.15, 0.2) is 58.8 Å². The first kappa shape index (κ1) is 23.4. The number of amides is 3. The SMILES string of the molecule is COC(=O)c1ccc(CN2C(=O)N/C(=C\c3cc(Cl)ccc3Oc3ccc([N+](=O)[O-])cn3)C2=O)o1. The van der Waals surface area contributed by atoms with Gasteiger partial charge in [-0.1, -0.05) is 11.6 Å². The lowest BCUT2D eigenvalue weighted by Gasteiger charge is -2.10. The molecule has 1 aliphatic rings. The maximum Gasteiger partial charge on any atom is 0.373 e. The first-order valence-corrected chi connectivity index (χ1v) is 10.2.